The smallest absolute Gasteiger partial charge is 0.269 e. The summed E-state index contributed by atoms with van der Waals surface area (Å²) in [6.07, 6.45) is 1.42. The zero-order chi connectivity index (χ0) is 17.8. The molecule has 0 radical (unpaired) electrons. The summed E-state index contributed by atoms with van der Waals surface area (Å²) in [6, 6.07) is 7.70. The third-order valence-corrected chi connectivity index (χ3v) is 4.89. The first kappa shape index (κ1) is 17.5. The van der Waals surface area contributed by atoms with Crippen LogP contribution in [0.5, 0.6) is 0 Å². The molecule has 1 aliphatic rings. The van der Waals surface area contributed by atoms with Gasteiger partial charge in [-0.15, -0.1) is 5.10 Å². The summed E-state index contributed by atoms with van der Waals surface area (Å²) in [5.74, 6) is -0.245. The van der Waals surface area contributed by atoms with Crippen molar-refractivity contribution in [1.29, 1.82) is 0 Å². The van der Waals surface area contributed by atoms with Gasteiger partial charge < -0.3 is 15.4 Å². The highest BCUT2D eigenvalue weighted by Crippen LogP contribution is 2.29. The second kappa shape index (κ2) is 7.71. The third-order valence-electron chi connectivity index (χ3n) is 4.07. The van der Waals surface area contributed by atoms with Crippen LogP contribution in [-0.4, -0.2) is 34.1 Å². The summed E-state index contributed by atoms with van der Waals surface area (Å²) in [7, 11) is 0. The molecular formula is C17H20N4O3S. The number of carbonyl (C=O) groups excluding carboxylic acids is 2. The van der Waals surface area contributed by atoms with Crippen molar-refractivity contribution in [3.63, 3.8) is 0 Å². The number of ether oxygens (including phenoxy) is 1. The molecule has 0 spiro atoms. The van der Waals surface area contributed by atoms with Crippen molar-refractivity contribution in [1.82, 2.24) is 14.9 Å². The molecule has 1 aromatic heterocycles. The Balaban J connectivity index is 1.70. The summed E-state index contributed by atoms with van der Waals surface area (Å²) in [5, 5.41) is 9.68. The van der Waals surface area contributed by atoms with E-state index in [9.17, 15) is 9.59 Å². The second-order valence-corrected chi connectivity index (χ2v) is 6.80. The molecule has 1 aliphatic heterocycles. The standard InChI is InChI=1S/C17H20N4O3S/c1-10-16(25-21-20-10)17(23)19-13-5-3-4-12(8-13)15-9-14(6-7-24-15)18-11(2)22/h3-5,8,14-15H,6-7,9H2,1-2H3,(H,18,22)(H,19,23)/t14-,15+/m0/s1. The summed E-state index contributed by atoms with van der Waals surface area (Å²) in [6.45, 7) is 3.88. The summed E-state index contributed by atoms with van der Waals surface area (Å²) >= 11 is 1.08. The van der Waals surface area contributed by atoms with E-state index in [2.05, 4.69) is 20.2 Å². The van der Waals surface area contributed by atoms with Crippen LogP contribution >= 0.6 is 11.5 Å². The number of anilines is 1. The molecule has 25 heavy (non-hydrogen) atoms. The summed E-state index contributed by atoms with van der Waals surface area (Å²) in [4.78, 5) is 24.1. The lowest BCUT2D eigenvalue weighted by molar-refractivity contribution is -0.120. The molecular weight excluding hydrogens is 340 g/mol. The van der Waals surface area contributed by atoms with Gasteiger partial charge in [0.25, 0.3) is 5.91 Å². The molecule has 7 nitrogen and oxygen atoms in total. The molecule has 1 fully saturated rings. The van der Waals surface area contributed by atoms with Gasteiger partial charge in [0.2, 0.25) is 5.91 Å². The molecule has 2 heterocycles. The lowest BCUT2D eigenvalue weighted by atomic mass is 9.97. The van der Waals surface area contributed by atoms with Crippen LogP contribution in [0.25, 0.3) is 0 Å². The molecule has 1 aromatic carbocycles. The Morgan fingerprint density at radius 3 is 2.92 bits per heavy atom. The van der Waals surface area contributed by atoms with Crippen molar-refractivity contribution in [3.05, 3.63) is 40.4 Å². The molecule has 132 valence electrons. The van der Waals surface area contributed by atoms with Crippen LogP contribution in [-0.2, 0) is 9.53 Å². The van der Waals surface area contributed by atoms with Gasteiger partial charge in [0.15, 0.2) is 0 Å². The molecule has 2 amide bonds. The normalized spacial score (nSPS) is 20.1. The van der Waals surface area contributed by atoms with Gasteiger partial charge in [0, 0.05) is 25.3 Å². The van der Waals surface area contributed by atoms with Gasteiger partial charge in [-0.25, -0.2) is 0 Å². The maximum Gasteiger partial charge on any atom is 0.269 e. The number of nitrogens with zero attached hydrogens (tertiary/aromatic N) is 2. The van der Waals surface area contributed by atoms with Gasteiger partial charge in [0.05, 0.1) is 11.8 Å². The molecule has 2 atom stereocenters. The van der Waals surface area contributed by atoms with Gasteiger partial charge >= 0.3 is 0 Å². The van der Waals surface area contributed by atoms with Crippen LogP contribution in [0.1, 0.15) is 46.8 Å². The summed E-state index contributed by atoms with van der Waals surface area (Å²) < 4.78 is 9.63. The maximum absolute atomic E-state index is 12.3. The number of hydrogen-bond donors (Lipinski definition) is 2. The quantitative estimate of drug-likeness (QED) is 0.874. The Hall–Kier alpha value is -2.32. The lowest BCUT2D eigenvalue weighted by Gasteiger charge is -2.30. The molecule has 0 bridgehead atoms. The molecule has 0 unspecified atom stereocenters. The Morgan fingerprint density at radius 2 is 2.20 bits per heavy atom. The second-order valence-electron chi connectivity index (χ2n) is 6.05. The van der Waals surface area contributed by atoms with Gasteiger partial charge in [-0.2, -0.15) is 0 Å². The Labute approximate surface area is 149 Å². The molecule has 8 heteroatoms. The minimum absolute atomic E-state index is 0.0276. The van der Waals surface area contributed by atoms with Crippen molar-refractivity contribution in [3.8, 4) is 0 Å². The summed E-state index contributed by atoms with van der Waals surface area (Å²) in [5.41, 5.74) is 2.29. The van der Waals surface area contributed by atoms with E-state index in [1.54, 1.807) is 6.92 Å². The highest BCUT2D eigenvalue weighted by molar-refractivity contribution is 7.08. The number of hydrogen-bond acceptors (Lipinski definition) is 6. The maximum atomic E-state index is 12.3. The van der Waals surface area contributed by atoms with Crippen molar-refractivity contribution < 1.29 is 14.3 Å². The topological polar surface area (TPSA) is 93.2 Å². The van der Waals surface area contributed by atoms with Crippen LogP contribution in [0.2, 0.25) is 0 Å². The first-order valence-corrected chi connectivity index (χ1v) is 8.89. The van der Waals surface area contributed by atoms with E-state index >= 15 is 0 Å². The van der Waals surface area contributed by atoms with Crippen LogP contribution < -0.4 is 10.6 Å². The van der Waals surface area contributed by atoms with Crippen molar-refractivity contribution in [2.45, 2.75) is 38.8 Å². The average molecular weight is 360 g/mol. The number of carbonyl (C=O) groups is 2. The van der Waals surface area contributed by atoms with E-state index in [4.69, 9.17) is 4.74 Å². The van der Waals surface area contributed by atoms with Crippen LogP contribution in [0.4, 0.5) is 5.69 Å². The zero-order valence-electron chi connectivity index (χ0n) is 14.1. The fourth-order valence-corrected chi connectivity index (χ4v) is 3.44. The average Bonchev–Trinajstić information content (AvgIpc) is 3.01. The number of nitrogens with one attached hydrogen (secondary N) is 2. The predicted octanol–water partition coefficient (Wildman–Crippen LogP) is 2.46. The van der Waals surface area contributed by atoms with Crippen LogP contribution in [0, 0.1) is 6.92 Å². The number of aryl methyl sites for hydroxylation is 1. The minimum Gasteiger partial charge on any atom is -0.373 e. The van der Waals surface area contributed by atoms with Gasteiger partial charge in [-0.1, -0.05) is 16.6 Å². The number of amides is 2. The van der Waals surface area contributed by atoms with Gasteiger partial charge in [0.1, 0.15) is 4.88 Å². The predicted molar refractivity (Wildman–Crippen MR) is 94.6 cm³/mol. The number of benzene rings is 1. The lowest BCUT2D eigenvalue weighted by Crippen LogP contribution is -2.38. The van der Waals surface area contributed by atoms with Crippen molar-refractivity contribution >= 4 is 29.0 Å². The number of aromatic nitrogens is 2. The van der Waals surface area contributed by atoms with E-state index in [1.165, 1.54) is 6.92 Å². The van der Waals surface area contributed by atoms with E-state index in [0.29, 0.717) is 22.9 Å². The third kappa shape index (κ3) is 4.40. The van der Waals surface area contributed by atoms with Crippen molar-refractivity contribution in [2.24, 2.45) is 0 Å². The Kier molecular flexibility index (Phi) is 5.40. The first-order chi connectivity index (χ1) is 12.0. The molecule has 1 saturated heterocycles. The zero-order valence-corrected chi connectivity index (χ0v) is 14.9. The van der Waals surface area contributed by atoms with E-state index in [-0.39, 0.29) is 24.0 Å². The SMILES string of the molecule is CC(=O)N[C@H]1CCO[C@@H](c2cccc(NC(=O)c3snnc3C)c2)C1. The molecule has 2 aromatic rings. The Morgan fingerprint density at radius 1 is 1.36 bits per heavy atom. The molecule has 0 aliphatic carbocycles. The van der Waals surface area contributed by atoms with E-state index in [1.807, 2.05) is 24.3 Å². The van der Waals surface area contributed by atoms with E-state index in [0.717, 1.165) is 29.9 Å². The highest BCUT2D eigenvalue weighted by Gasteiger charge is 2.24. The van der Waals surface area contributed by atoms with Gasteiger partial charge in [-0.3, -0.25) is 9.59 Å². The molecule has 2 N–H and O–H groups in total. The minimum atomic E-state index is -0.217. The first-order valence-electron chi connectivity index (χ1n) is 8.12. The van der Waals surface area contributed by atoms with E-state index < -0.39 is 0 Å². The fraction of sp³-hybridized carbons (Fsp3) is 0.412. The largest absolute Gasteiger partial charge is 0.373 e. The van der Waals surface area contributed by atoms with Crippen molar-refractivity contribution in [2.75, 3.05) is 11.9 Å². The number of rotatable bonds is 4. The monoisotopic (exact) mass is 360 g/mol. The Bertz CT molecular complexity index is 777. The fourth-order valence-electron chi connectivity index (χ4n) is 2.89. The van der Waals surface area contributed by atoms with Gasteiger partial charge in [-0.05, 0) is 49.0 Å². The highest BCUT2D eigenvalue weighted by atomic mass is 32.1. The van der Waals surface area contributed by atoms with Crippen LogP contribution in [0.15, 0.2) is 24.3 Å². The molecule has 0 saturated carbocycles. The van der Waals surface area contributed by atoms with Crippen LogP contribution in [0.3, 0.4) is 0 Å². The molecule has 3 rings (SSSR count).